The van der Waals surface area contributed by atoms with Crippen LogP contribution in [0.25, 0.3) is 11.0 Å². The topological polar surface area (TPSA) is 129 Å². The van der Waals surface area contributed by atoms with Gasteiger partial charge in [0, 0.05) is 76.1 Å². The van der Waals surface area contributed by atoms with E-state index in [0.29, 0.717) is 36.3 Å². The van der Waals surface area contributed by atoms with Gasteiger partial charge in [0.15, 0.2) is 0 Å². The first kappa shape index (κ1) is 38.9. The molecule has 6 heterocycles. The minimum Gasteiger partial charge on any atom is -0.371 e. The number of likely N-dealkylation sites (tertiary alicyclic amines) is 1. The van der Waals surface area contributed by atoms with Gasteiger partial charge in [-0.3, -0.25) is 24.6 Å². The number of hydrogen-bond donors (Lipinski definition) is 2. The van der Waals surface area contributed by atoms with E-state index in [1.54, 1.807) is 19.0 Å². The van der Waals surface area contributed by atoms with E-state index in [1.165, 1.54) is 62.0 Å². The molecule has 3 aromatic heterocycles. The number of rotatable bonds is 7. The van der Waals surface area contributed by atoms with E-state index >= 15 is 0 Å². The van der Waals surface area contributed by atoms with Crippen LogP contribution < -0.4 is 15.5 Å². The van der Waals surface area contributed by atoms with Crippen molar-refractivity contribution in [3.63, 3.8) is 0 Å². The van der Waals surface area contributed by atoms with Crippen molar-refractivity contribution >= 4 is 46.2 Å². The summed E-state index contributed by atoms with van der Waals surface area (Å²) < 4.78 is 2.14. The largest absolute Gasteiger partial charge is 0.371 e. The lowest BCUT2D eigenvalue weighted by Crippen LogP contribution is -2.41. The van der Waals surface area contributed by atoms with Gasteiger partial charge in [-0.25, -0.2) is 9.97 Å². The van der Waals surface area contributed by atoms with Gasteiger partial charge in [-0.2, -0.15) is 4.98 Å². The van der Waals surface area contributed by atoms with Crippen molar-refractivity contribution in [2.45, 2.75) is 97.6 Å². The second kappa shape index (κ2) is 17.5. The lowest BCUT2D eigenvalue weighted by atomic mass is 9.77. The molecule has 54 heavy (non-hydrogen) atoms. The van der Waals surface area contributed by atoms with Crippen LogP contribution in [0.2, 0.25) is 0 Å². The summed E-state index contributed by atoms with van der Waals surface area (Å²) in [6, 6.07) is 15.4. The molecule has 0 radical (unpaired) electrons. The zero-order valence-electron chi connectivity index (χ0n) is 32.7. The maximum Gasteiger partial charge on any atom is 0.270 e. The van der Waals surface area contributed by atoms with E-state index < -0.39 is 0 Å². The summed E-state index contributed by atoms with van der Waals surface area (Å²) in [6.07, 6.45) is 13.8. The molecule has 288 valence electrons. The number of nitrogens with zero attached hydrogens (tertiary/aromatic N) is 7. The summed E-state index contributed by atoms with van der Waals surface area (Å²) in [7, 11) is 3.59. The molecule has 1 aromatic carbocycles. The summed E-state index contributed by atoms with van der Waals surface area (Å²) in [5.74, 6) is 0.938. The summed E-state index contributed by atoms with van der Waals surface area (Å²) >= 11 is 0. The molecule has 1 spiro atoms. The predicted octanol–water partition coefficient (Wildman–Crippen LogP) is 7.03. The van der Waals surface area contributed by atoms with Crippen LogP contribution in [0, 0.1) is 12.3 Å². The summed E-state index contributed by atoms with van der Waals surface area (Å²) in [5.41, 5.74) is 5.85. The molecule has 8 rings (SSSR count). The molecule has 2 N–H and O–H groups in total. The molecule has 12 heteroatoms. The van der Waals surface area contributed by atoms with E-state index in [4.69, 9.17) is 9.97 Å². The molecule has 0 bridgehead atoms. The molecule has 3 aliphatic heterocycles. The van der Waals surface area contributed by atoms with Gasteiger partial charge in [-0.15, -0.1) is 0 Å². The number of aromatic nitrogens is 4. The summed E-state index contributed by atoms with van der Waals surface area (Å²) in [4.78, 5) is 54.6. The van der Waals surface area contributed by atoms with Crippen molar-refractivity contribution in [3.8, 4) is 0 Å². The van der Waals surface area contributed by atoms with Gasteiger partial charge in [-0.1, -0.05) is 50.5 Å². The van der Waals surface area contributed by atoms with Gasteiger partial charge in [0.05, 0.1) is 0 Å². The fourth-order valence-electron chi connectivity index (χ4n) is 8.15. The van der Waals surface area contributed by atoms with Crippen molar-refractivity contribution < 1.29 is 14.4 Å². The maximum absolute atomic E-state index is 13.0. The second-order valence-corrected chi connectivity index (χ2v) is 15.3. The molecule has 12 nitrogen and oxygen atoms in total. The van der Waals surface area contributed by atoms with Gasteiger partial charge in [-0.05, 0) is 93.8 Å². The molecule has 4 aromatic rings. The number of benzene rings is 1. The third kappa shape index (κ3) is 9.26. The van der Waals surface area contributed by atoms with Crippen LogP contribution in [0.5, 0.6) is 0 Å². The molecule has 0 unspecified atom stereocenters. The standard InChI is InChI=1S/C35H44N8O.C5H7NO2.C2H6/c1-25-8-11-28(12-9-25)42-19-16-35(24-42)14-17-41(18-15-35)23-26-10-13-31(36-21-26)38-34-37-22-27-20-30(33(44)40(2)3)43(32(27)39-34)29-6-4-5-7-29;7-4-2-1-3-5(8)6-4;1-2/h8-13,20-22,29H,4-7,14-19,23-24H2,1-3H3,(H,36,37,38,39);1-3H2,(H,6,7,8);1-2H3. The highest BCUT2D eigenvalue weighted by Crippen LogP contribution is 2.42. The molecular weight excluding hydrogens is 679 g/mol. The Labute approximate surface area is 319 Å². The molecule has 4 fully saturated rings. The maximum atomic E-state index is 13.0. The number of imide groups is 1. The Hall–Kier alpha value is -4.84. The molecule has 1 saturated carbocycles. The minimum absolute atomic E-state index is 0.00185. The van der Waals surface area contributed by atoms with Crippen molar-refractivity contribution in [3.05, 3.63) is 71.7 Å². The minimum atomic E-state index is -0.138. The number of fused-ring (bicyclic) bond motifs is 1. The molecule has 3 amide bonds. The second-order valence-electron chi connectivity index (χ2n) is 15.3. The quantitative estimate of drug-likeness (QED) is 0.192. The van der Waals surface area contributed by atoms with E-state index in [2.05, 4.69) is 67.2 Å². The Kier molecular flexibility index (Phi) is 12.6. The van der Waals surface area contributed by atoms with E-state index in [1.807, 2.05) is 38.4 Å². The number of piperidine rings is 2. The van der Waals surface area contributed by atoms with Crippen molar-refractivity contribution in [1.29, 1.82) is 0 Å². The number of pyridine rings is 1. The normalized spacial score (nSPS) is 18.5. The van der Waals surface area contributed by atoms with Gasteiger partial charge >= 0.3 is 0 Å². The van der Waals surface area contributed by atoms with Crippen LogP contribution in [-0.4, -0.2) is 87.3 Å². The van der Waals surface area contributed by atoms with Crippen molar-refractivity contribution in [1.82, 2.24) is 34.6 Å². The SMILES string of the molecule is CC.Cc1ccc(N2CCC3(CCN(Cc4ccc(Nc5ncc6cc(C(=O)N(C)C)n(C7CCCC7)c6n5)nc4)CC3)C2)cc1.O=C1CCCC(=O)N1. The Morgan fingerprint density at radius 3 is 2.20 bits per heavy atom. The number of carbonyl (C=O) groups excluding carboxylic acids is 3. The van der Waals surface area contributed by atoms with Crippen molar-refractivity contribution in [2.24, 2.45) is 5.41 Å². The molecule has 0 atom stereocenters. The highest BCUT2D eigenvalue weighted by Gasteiger charge is 2.40. The smallest absolute Gasteiger partial charge is 0.270 e. The van der Waals surface area contributed by atoms with E-state index in [0.717, 1.165) is 49.3 Å². The first-order valence-electron chi connectivity index (χ1n) is 19.8. The predicted molar refractivity (Wildman–Crippen MR) is 214 cm³/mol. The third-order valence-electron chi connectivity index (χ3n) is 11.2. The van der Waals surface area contributed by atoms with Gasteiger partial charge in [0.1, 0.15) is 17.2 Å². The van der Waals surface area contributed by atoms with Crippen LogP contribution in [0.3, 0.4) is 0 Å². The first-order chi connectivity index (χ1) is 26.1. The van der Waals surface area contributed by atoms with Crippen LogP contribution in [0.15, 0.2) is 54.9 Å². The lowest BCUT2D eigenvalue weighted by molar-refractivity contribution is -0.132. The number of anilines is 3. The summed E-state index contributed by atoms with van der Waals surface area (Å²) in [6.45, 7) is 11.7. The number of carbonyl (C=O) groups is 3. The Balaban J connectivity index is 0.000000438. The fraction of sp³-hybridized carbons (Fsp3) is 0.524. The Morgan fingerprint density at radius 1 is 0.907 bits per heavy atom. The van der Waals surface area contributed by atoms with E-state index in [-0.39, 0.29) is 23.8 Å². The average molecular weight is 736 g/mol. The monoisotopic (exact) mass is 735 g/mol. The molecule has 4 aliphatic rings. The third-order valence-corrected chi connectivity index (χ3v) is 11.2. The Morgan fingerprint density at radius 2 is 1.59 bits per heavy atom. The first-order valence-corrected chi connectivity index (χ1v) is 19.8. The molecule has 1 aliphatic carbocycles. The fourth-order valence-corrected chi connectivity index (χ4v) is 8.15. The van der Waals surface area contributed by atoms with Crippen LogP contribution in [-0.2, 0) is 16.1 Å². The number of amides is 3. The number of nitrogens with one attached hydrogen (secondary N) is 2. The molecule has 3 saturated heterocycles. The number of hydrogen-bond acceptors (Lipinski definition) is 9. The van der Waals surface area contributed by atoms with Crippen molar-refractivity contribution in [2.75, 3.05) is 50.5 Å². The lowest BCUT2D eigenvalue weighted by Gasteiger charge is -2.39. The van der Waals surface area contributed by atoms with Gasteiger partial charge in [0.2, 0.25) is 17.8 Å². The number of aryl methyl sites for hydroxylation is 1. The van der Waals surface area contributed by atoms with Gasteiger partial charge in [0.25, 0.3) is 5.91 Å². The Bertz CT molecular complexity index is 1880. The highest BCUT2D eigenvalue weighted by atomic mass is 16.2. The summed E-state index contributed by atoms with van der Waals surface area (Å²) in [5, 5.41) is 6.39. The molecular formula is C42H57N9O3. The average Bonchev–Trinajstić information content (AvgIpc) is 3.94. The van der Waals surface area contributed by atoms with Gasteiger partial charge < -0.3 is 19.7 Å². The zero-order chi connectivity index (χ0) is 38.2. The van der Waals surface area contributed by atoms with Crippen LogP contribution >= 0.6 is 0 Å². The van der Waals surface area contributed by atoms with Crippen LogP contribution in [0.4, 0.5) is 17.5 Å². The van der Waals surface area contributed by atoms with E-state index in [9.17, 15) is 14.4 Å². The van der Waals surface area contributed by atoms with Crippen LogP contribution in [0.1, 0.15) is 106 Å². The zero-order valence-corrected chi connectivity index (χ0v) is 32.7. The highest BCUT2D eigenvalue weighted by molar-refractivity contribution is 5.98.